The molecule has 0 aliphatic carbocycles. The quantitative estimate of drug-likeness (QED) is 0.728. The molecule has 0 bridgehead atoms. The van der Waals surface area contributed by atoms with Crippen LogP contribution in [0.2, 0.25) is 0 Å². The van der Waals surface area contributed by atoms with Gasteiger partial charge in [-0.05, 0) is 18.6 Å². The smallest absolute Gasteiger partial charge is 0.240 e. The van der Waals surface area contributed by atoms with Crippen LogP contribution in [0, 0.1) is 0 Å². The van der Waals surface area contributed by atoms with Crippen LogP contribution in [0.4, 0.5) is 0 Å². The van der Waals surface area contributed by atoms with Crippen molar-refractivity contribution in [1.82, 2.24) is 9.62 Å². The summed E-state index contributed by atoms with van der Waals surface area (Å²) in [6.07, 6.45) is 0.754. The van der Waals surface area contributed by atoms with Crippen molar-refractivity contribution in [3.63, 3.8) is 0 Å². The van der Waals surface area contributed by atoms with Gasteiger partial charge in [0.25, 0.3) is 0 Å². The van der Waals surface area contributed by atoms with Crippen LogP contribution >= 0.6 is 0 Å². The molecule has 1 saturated heterocycles. The lowest BCUT2D eigenvalue weighted by Gasteiger charge is -2.26. The van der Waals surface area contributed by atoms with Gasteiger partial charge in [-0.1, -0.05) is 0 Å². The second kappa shape index (κ2) is 8.03. The number of carbonyl (C=O) groups excluding carboxylic acids is 1. The Balaban J connectivity index is 1.49. The van der Waals surface area contributed by atoms with Crippen LogP contribution in [0.15, 0.2) is 23.1 Å². The molecule has 0 spiro atoms. The lowest BCUT2D eigenvalue weighted by molar-refractivity contribution is -0.135. The molecular weight excluding hydrogens is 348 g/mol. The molecule has 3 rings (SSSR count). The van der Waals surface area contributed by atoms with E-state index in [1.165, 1.54) is 12.1 Å². The lowest BCUT2D eigenvalue weighted by atomic mass is 10.2. The van der Waals surface area contributed by atoms with E-state index in [1.807, 2.05) is 0 Å². The number of nitrogens with zero attached hydrogens (tertiary/aromatic N) is 1. The Morgan fingerprint density at radius 2 is 1.80 bits per heavy atom. The molecule has 2 heterocycles. The Hall–Kier alpha value is -1.84. The van der Waals surface area contributed by atoms with Gasteiger partial charge < -0.3 is 19.1 Å². The number of hydrogen-bond donors (Lipinski definition) is 1. The number of benzene rings is 1. The summed E-state index contributed by atoms with van der Waals surface area (Å²) in [5, 5.41) is 0. The van der Waals surface area contributed by atoms with Crippen LogP contribution in [-0.2, 0) is 19.6 Å². The van der Waals surface area contributed by atoms with Crippen LogP contribution in [0.25, 0.3) is 0 Å². The number of carbonyl (C=O) groups is 1. The van der Waals surface area contributed by atoms with Crippen molar-refractivity contribution in [1.29, 1.82) is 0 Å². The minimum absolute atomic E-state index is 0.0295. The average Bonchev–Trinajstić information content (AvgIpc) is 2.65. The second-order valence-corrected chi connectivity index (χ2v) is 7.57. The van der Waals surface area contributed by atoms with Gasteiger partial charge in [0, 0.05) is 32.1 Å². The summed E-state index contributed by atoms with van der Waals surface area (Å²) >= 11 is 0. The summed E-state index contributed by atoms with van der Waals surface area (Å²) in [4.78, 5) is 13.9. The van der Waals surface area contributed by atoms with Gasteiger partial charge in [-0.2, -0.15) is 0 Å². The van der Waals surface area contributed by atoms with E-state index < -0.39 is 10.0 Å². The van der Waals surface area contributed by atoms with E-state index in [4.69, 9.17) is 14.2 Å². The molecule has 138 valence electrons. The minimum atomic E-state index is -3.65. The molecule has 2 aliphatic rings. The third-order valence-corrected chi connectivity index (χ3v) is 5.51. The van der Waals surface area contributed by atoms with Gasteiger partial charge >= 0.3 is 0 Å². The molecule has 1 N–H and O–H groups in total. The van der Waals surface area contributed by atoms with Crippen LogP contribution in [0.1, 0.15) is 12.8 Å². The SMILES string of the molecule is O=C(CCCNS(=O)(=O)c1ccc2c(c1)OCCO2)N1CCOCC1. The highest BCUT2D eigenvalue weighted by Crippen LogP contribution is 2.32. The molecule has 0 atom stereocenters. The predicted molar refractivity (Wildman–Crippen MR) is 89.3 cm³/mol. The third-order valence-electron chi connectivity index (χ3n) is 4.05. The zero-order chi connectivity index (χ0) is 17.7. The summed E-state index contributed by atoms with van der Waals surface area (Å²) in [5.41, 5.74) is 0. The van der Waals surface area contributed by atoms with Gasteiger partial charge in [0.05, 0.1) is 18.1 Å². The zero-order valence-corrected chi connectivity index (χ0v) is 14.7. The molecule has 1 aromatic rings. The number of amides is 1. The second-order valence-electron chi connectivity index (χ2n) is 5.80. The molecule has 0 unspecified atom stereocenters. The highest BCUT2D eigenvalue weighted by Gasteiger charge is 2.20. The van der Waals surface area contributed by atoms with Gasteiger partial charge in [-0.15, -0.1) is 0 Å². The number of hydrogen-bond acceptors (Lipinski definition) is 6. The maximum atomic E-state index is 12.3. The number of fused-ring (bicyclic) bond motifs is 1. The number of morpholine rings is 1. The van der Waals surface area contributed by atoms with Crippen molar-refractivity contribution >= 4 is 15.9 Å². The molecular formula is C16H22N2O6S. The molecule has 1 fully saturated rings. The van der Waals surface area contributed by atoms with Gasteiger partial charge in [-0.25, -0.2) is 13.1 Å². The van der Waals surface area contributed by atoms with Crippen molar-refractivity contribution < 1.29 is 27.4 Å². The number of nitrogens with one attached hydrogen (secondary N) is 1. The van der Waals surface area contributed by atoms with E-state index in [0.717, 1.165) is 0 Å². The average molecular weight is 370 g/mol. The first-order valence-electron chi connectivity index (χ1n) is 8.31. The Bertz CT molecular complexity index is 715. The summed E-state index contributed by atoms with van der Waals surface area (Å²) in [5.74, 6) is 1.000. The van der Waals surface area contributed by atoms with E-state index in [2.05, 4.69) is 4.72 Å². The molecule has 25 heavy (non-hydrogen) atoms. The molecule has 0 radical (unpaired) electrons. The van der Waals surface area contributed by atoms with Crippen molar-refractivity contribution in [3.05, 3.63) is 18.2 Å². The highest BCUT2D eigenvalue weighted by molar-refractivity contribution is 7.89. The zero-order valence-electron chi connectivity index (χ0n) is 13.9. The Kier molecular flexibility index (Phi) is 5.77. The molecule has 1 aromatic carbocycles. The van der Waals surface area contributed by atoms with Crippen molar-refractivity contribution in [2.75, 3.05) is 46.1 Å². The van der Waals surface area contributed by atoms with Crippen LogP contribution in [-0.4, -0.2) is 65.3 Å². The van der Waals surface area contributed by atoms with Crippen molar-refractivity contribution in [3.8, 4) is 11.5 Å². The molecule has 9 heteroatoms. The Morgan fingerprint density at radius 1 is 1.08 bits per heavy atom. The molecule has 0 aromatic heterocycles. The van der Waals surface area contributed by atoms with Gasteiger partial charge in [0.15, 0.2) is 11.5 Å². The molecule has 8 nitrogen and oxygen atoms in total. The number of rotatable bonds is 6. The van der Waals surface area contributed by atoms with Crippen molar-refractivity contribution in [2.45, 2.75) is 17.7 Å². The maximum Gasteiger partial charge on any atom is 0.240 e. The molecule has 2 aliphatic heterocycles. The first-order valence-corrected chi connectivity index (χ1v) is 9.79. The first-order chi connectivity index (χ1) is 12.1. The fourth-order valence-corrected chi connectivity index (χ4v) is 3.78. The van der Waals surface area contributed by atoms with E-state index in [0.29, 0.717) is 63.9 Å². The van der Waals surface area contributed by atoms with E-state index in [1.54, 1.807) is 11.0 Å². The van der Waals surface area contributed by atoms with Gasteiger partial charge in [-0.3, -0.25) is 4.79 Å². The Labute approximate surface area is 147 Å². The summed E-state index contributed by atoms with van der Waals surface area (Å²) in [7, 11) is -3.65. The van der Waals surface area contributed by atoms with E-state index in [9.17, 15) is 13.2 Å². The summed E-state index contributed by atoms with van der Waals surface area (Å²) < 4.78 is 43.2. The summed E-state index contributed by atoms with van der Waals surface area (Å²) in [6.45, 7) is 3.36. The standard InChI is InChI=1S/C16H22N2O6S/c19-16(18-6-8-22-9-7-18)2-1-5-17-25(20,21)13-3-4-14-15(12-13)24-11-10-23-14/h3-4,12,17H,1-2,5-11H2. The monoisotopic (exact) mass is 370 g/mol. The third kappa shape index (κ3) is 4.62. The first kappa shape index (κ1) is 18.0. The fourth-order valence-electron chi connectivity index (χ4n) is 2.69. The molecule has 1 amide bonds. The molecule has 0 saturated carbocycles. The van der Waals surface area contributed by atoms with Crippen molar-refractivity contribution in [2.24, 2.45) is 0 Å². The highest BCUT2D eigenvalue weighted by atomic mass is 32.2. The van der Waals surface area contributed by atoms with Crippen LogP contribution < -0.4 is 14.2 Å². The maximum absolute atomic E-state index is 12.3. The normalized spacial score (nSPS) is 17.4. The number of sulfonamides is 1. The van der Waals surface area contributed by atoms with Gasteiger partial charge in [0.1, 0.15) is 13.2 Å². The van der Waals surface area contributed by atoms with E-state index >= 15 is 0 Å². The minimum Gasteiger partial charge on any atom is -0.486 e. The lowest BCUT2D eigenvalue weighted by Crippen LogP contribution is -2.40. The predicted octanol–water partition coefficient (Wildman–Crippen LogP) is 0.375. The van der Waals surface area contributed by atoms with Crippen LogP contribution in [0.5, 0.6) is 11.5 Å². The fraction of sp³-hybridized carbons (Fsp3) is 0.562. The van der Waals surface area contributed by atoms with Gasteiger partial charge in [0.2, 0.25) is 15.9 Å². The topological polar surface area (TPSA) is 94.2 Å². The number of ether oxygens (including phenoxy) is 3. The largest absolute Gasteiger partial charge is 0.486 e. The summed E-state index contributed by atoms with van der Waals surface area (Å²) in [6, 6.07) is 4.52. The van der Waals surface area contributed by atoms with E-state index in [-0.39, 0.29) is 17.3 Å². The Morgan fingerprint density at radius 3 is 2.56 bits per heavy atom. The van der Waals surface area contributed by atoms with Crippen LogP contribution in [0.3, 0.4) is 0 Å².